The Labute approximate surface area is 118 Å². The third kappa shape index (κ3) is 3.59. The van der Waals surface area contributed by atoms with Crippen LogP contribution in [0.4, 0.5) is 0 Å². The summed E-state index contributed by atoms with van der Waals surface area (Å²) >= 11 is 0. The molecule has 0 aromatic rings. The summed E-state index contributed by atoms with van der Waals surface area (Å²) in [5.41, 5.74) is 0. The van der Waals surface area contributed by atoms with Crippen LogP contribution >= 0.6 is 0 Å². The summed E-state index contributed by atoms with van der Waals surface area (Å²) in [5.74, 6) is -1.63. The summed E-state index contributed by atoms with van der Waals surface area (Å²) in [7, 11) is -3.14. The Balaban J connectivity index is 2.12. The predicted octanol–water partition coefficient (Wildman–Crippen LogP) is 0.443. The van der Waals surface area contributed by atoms with Crippen molar-refractivity contribution in [1.82, 2.24) is 4.90 Å². The fraction of sp³-hybridized carbons (Fsp3) is 0.692. The van der Waals surface area contributed by atoms with Crippen molar-refractivity contribution in [2.75, 3.05) is 18.1 Å². The lowest BCUT2D eigenvalue weighted by Gasteiger charge is -2.31. The molecular weight excluding hydrogens is 282 g/mol. The van der Waals surface area contributed by atoms with E-state index in [9.17, 15) is 18.0 Å². The van der Waals surface area contributed by atoms with Gasteiger partial charge in [0.15, 0.2) is 9.84 Å². The smallest absolute Gasteiger partial charge is 0.323 e. The van der Waals surface area contributed by atoms with Crippen molar-refractivity contribution >= 4 is 21.7 Å². The van der Waals surface area contributed by atoms with Crippen LogP contribution in [0.3, 0.4) is 0 Å². The molecule has 2 aliphatic rings. The molecule has 1 N–H and O–H groups in total. The van der Waals surface area contributed by atoms with Crippen LogP contribution in [-0.2, 0) is 19.4 Å². The second kappa shape index (κ2) is 5.95. The van der Waals surface area contributed by atoms with Crippen molar-refractivity contribution in [1.29, 1.82) is 0 Å². The number of aliphatic carboxylic acids is 1. The lowest BCUT2D eigenvalue weighted by Crippen LogP contribution is -2.47. The van der Waals surface area contributed by atoms with Crippen molar-refractivity contribution in [3.05, 3.63) is 12.2 Å². The fourth-order valence-electron chi connectivity index (χ4n) is 2.81. The van der Waals surface area contributed by atoms with Crippen molar-refractivity contribution in [2.45, 2.75) is 31.7 Å². The van der Waals surface area contributed by atoms with E-state index in [2.05, 4.69) is 0 Å². The lowest BCUT2D eigenvalue weighted by atomic mass is 9.92. The average Bonchev–Trinajstić information content (AvgIpc) is 2.76. The van der Waals surface area contributed by atoms with Gasteiger partial charge in [0.2, 0.25) is 5.91 Å². The van der Waals surface area contributed by atoms with Gasteiger partial charge in [0.05, 0.1) is 11.5 Å². The summed E-state index contributed by atoms with van der Waals surface area (Å²) in [5, 5.41) is 8.96. The van der Waals surface area contributed by atoms with Crippen LogP contribution in [0.25, 0.3) is 0 Å². The Morgan fingerprint density at radius 2 is 2.00 bits per heavy atom. The van der Waals surface area contributed by atoms with E-state index >= 15 is 0 Å². The van der Waals surface area contributed by atoms with Crippen LogP contribution < -0.4 is 0 Å². The van der Waals surface area contributed by atoms with Gasteiger partial charge in [-0.05, 0) is 25.7 Å². The summed E-state index contributed by atoms with van der Waals surface area (Å²) in [6, 6.07) is -0.491. The van der Waals surface area contributed by atoms with Gasteiger partial charge in [-0.1, -0.05) is 12.2 Å². The molecule has 112 valence electrons. The highest BCUT2D eigenvalue weighted by atomic mass is 32.2. The number of carbonyl (C=O) groups is 2. The summed E-state index contributed by atoms with van der Waals surface area (Å²) in [6.45, 7) is -0.417. The van der Waals surface area contributed by atoms with Crippen LogP contribution in [0.15, 0.2) is 12.2 Å². The molecule has 6 nitrogen and oxygen atoms in total. The molecule has 20 heavy (non-hydrogen) atoms. The maximum absolute atomic E-state index is 12.5. The predicted molar refractivity (Wildman–Crippen MR) is 72.9 cm³/mol. The van der Waals surface area contributed by atoms with E-state index in [1.165, 1.54) is 4.90 Å². The summed E-state index contributed by atoms with van der Waals surface area (Å²) in [6.07, 6.45) is 6.38. The Bertz CT molecular complexity index is 525. The average molecular weight is 301 g/mol. The van der Waals surface area contributed by atoms with Gasteiger partial charge >= 0.3 is 5.97 Å². The molecule has 0 spiro atoms. The molecule has 2 atom stereocenters. The molecule has 1 saturated heterocycles. The molecule has 1 aliphatic heterocycles. The second-order valence-corrected chi connectivity index (χ2v) is 7.63. The number of hydrogen-bond donors (Lipinski definition) is 1. The van der Waals surface area contributed by atoms with Crippen LogP contribution in [0, 0.1) is 5.92 Å². The molecule has 1 aliphatic carbocycles. The van der Waals surface area contributed by atoms with E-state index < -0.39 is 28.4 Å². The molecule has 1 fully saturated rings. The quantitative estimate of drug-likeness (QED) is 0.761. The minimum Gasteiger partial charge on any atom is -0.480 e. The Morgan fingerprint density at radius 1 is 1.25 bits per heavy atom. The van der Waals surface area contributed by atoms with E-state index in [4.69, 9.17) is 5.11 Å². The number of sulfone groups is 1. The molecule has 0 bridgehead atoms. The zero-order valence-corrected chi connectivity index (χ0v) is 12.0. The number of hydrogen-bond acceptors (Lipinski definition) is 4. The first-order valence-electron chi connectivity index (χ1n) is 6.77. The van der Waals surface area contributed by atoms with Gasteiger partial charge in [0.25, 0.3) is 0 Å². The molecule has 0 radical (unpaired) electrons. The van der Waals surface area contributed by atoms with Crippen LogP contribution in [0.2, 0.25) is 0 Å². The minimum absolute atomic E-state index is 0.0334. The Kier molecular flexibility index (Phi) is 4.47. The molecule has 1 amide bonds. The zero-order chi connectivity index (χ0) is 14.8. The number of amides is 1. The van der Waals surface area contributed by atoms with Crippen LogP contribution in [-0.4, -0.2) is 54.4 Å². The third-order valence-electron chi connectivity index (χ3n) is 3.86. The first-order chi connectivity index (χ1) is 9.39. The number of rotatable bonds is 4. The van der Waals surface area contributed by atoms with Gasteiger partial charge in [-0.2, -0.15) is 0 Å². The summed E-state index contributed by atoms with van der Waals surface area (Å²) in [4.78, 5) is 24.7. The largest absolute Gasteiger partial charge is 0.480 e. The van der Waals surface area contributed by atoms with Gasteiger partial charge in [0.1, 0.15) is 6.54 Å². The van der Waals surface area contributed by atoms with E-state index in [1.54, 1.807) is 0 Å². The number of carboxylic acids is 1. The maximum atomic E-state index is 12.5. The van der Waals surface area contributed by atoms with Gasteiger partial charge in [-0.25, -0.2) is 8.42 Å². The number of nitrogens with zero attached hydrogens (tertiary/aromatic N) is 1. The molecule has 0 saturated carbocycles. The second-order valence-electron chi connectivity index (χ2n) is 5.40. The highest BCUT2D eigenvalue weighted by Crippen LogP contribution is 2.25. The molecule has 1 heterocycles. The normalized spacial score (nSPS) is 28.2. The van der Waals surface area contributed by atoms with Gasteiger partial charge in [-0.15, -0.1) is 0 Å². The van der Waals surface area contributed by atoms with Gasteiger partial charge in [0, 0.05) is 12.0 Å². The van der Waals surface area contributed by atoms with Crippen molar-refractivity contribution in [2.24, 2.45) is 5.92 Å². The molecular formula is C13H19NO5S. The van der Waals surface area contributed by atoms with Gasteiger partial charge < -0.3 is 10.0 Å². The Morgan fingerprint density at radius 3 is 2.50 bits per heavy atom. The van der Waals surface area contributed by atoms with Gasteiger partial charge in [-0.3, -0.25) is 9.59 Å². The third-order valence-corrected chi connectivity index (χ3v) is 5.61. The maximum Gasteiger partial charge on any atom is 0.323 e. The highest BCUT2D eigenvalue weighted by molar-refractivity contribution is 7.91. The molecule has 0 aromatic heterocycles. The van der Waals surface area contributed by atoms with E-state index in [-0.39, 0.29) is 23.3 Å². The molecule has 7 heteroatoms. The van der Waals surface area contributed by atoms with E-state index in [1.807, 2.05) is 12.2 Å². The molecule has 0 aromatic carbocycles. The topological polar surface area (TPSA) is 91.8 Å². The van der Waals surface area contributed by atoms with Crippen molar-refractivity contribution < 1.29 is 23.1 Å². The first-order valence-corrected chi connectivity index (χ1v) is 8.59. The van der Waals surface area contributed by atoms with Crippen LogP contribution in [0.5, 0.6) is 0 Å². The van der Waals surface area contributed by atoms with Crippen molar-refractivity contribution in [3.63, 3.8) is 0 Å². The zero-order valence-electron chi connectivity index (χ0n) is 11.2. The number of carboxylic acid groups (broad SMARTS) is 1. The number of carbonyl (C=O) groups excluding carboxylic acids is 1. The monoisotopic (exact) mass is 301 g/mol. The summed E-state index contributed by atoms with van der Waals surface area (Å²) < 4.78 is 23.1. The first kappa shape index (κ1) is 15.0. The van der Waals surface area contributed by atoms with E-state index in [0.29, 0.717) is 19.3 Å². The lowest BCUT2D eigenvalue weighted by molar-refractivity contribution is -0.148. The SMILES string of the molecule is O=C(O)CN(C(=O)C1CC=CCC1)C1CCS(=O)(=O)C1. The molecule has 2 rings (SSSR count). The Hall–Kier alpha value is -1.37. The fourth-order valence-corrected chi connectivity index (χ4v) is 4.54. The molecule has 2 unspecified atom stereocenters. The highest BCUT2D eigenvalue weighted by Gasteiger charge is 2.37. The number of allylic oxidation sites excluding steroid dienone is 2. The standard InChI is InChI=1S/C13H19NO5S/c15-12(16)8-14(11-6-7-20(18,19)9-11)13(17)10-4-2-1-3-5-10/h1-2,10-11H,3-9H2,(H,15,16). The van der Waals surface area contributed by atoms with E-state index in [0.717, 1.165) is 6.42 Å². The van der Waals surface area contributed by atoms with Crippen LogP contribution in [0.1, 0.15) is 25.7 Å². The van der Waals surface area contributed by atoms with Crippen molar-refractivity contribution in [3.8, 4) is 0 Å². The minimum atomic E-state index is -3.14.